The van der Waals surface area contributed by atoms with Gasteiger partial charge in [-0.1, -0.05) is 12.1 Å². The minimum Gasteiger partial charge on any atom is -0.535 e. The van der Waals surface area contributed by atoms with Crippen molar-refractivity contribution in [2.24, 2.45) is 0 Å². The molecular formula is C22H24BN5O8S. The topological polar surface area (TPSA) is 192 Å². The van der Waals surface area contributed by atoms with Crippen LogP contribution in [0.2, 0.25) is 5.82 Å². The molecule has 1 unspecified atom stereocenters. The molecule has 3 heterocycles. The number of nitrogens with two attached hydrogens (primary N) is 1. The Morgan fingerprint density at radius 1 is 1.30 bits per heavy atom. The molecule has 0 aliphatic carbocycles. The van der Waals surface area contributed by atoms with Gasteiger partial charge in [0.05, 0.1) is 11.3 Å². The van der Waals surface area contributed by atoms with E-state index in [4.69, 9.17) is 10.4 Å². The monoisotopic (exact) mass is 529 g/mol. The van der Waals surface area contributed by atoms with E-state index < -0.39 is 48.6 Å². The first kappa shape index (κ1) is 26.1. The van der Waals surface area contributed by atoms with Crippen molar-refractivity contribution in [3.05, 3.63) is 40.4 Å². The molecule has 13 nitrogen and oxygen atoms in total. The maximum Gasteiger partial charge on any atom is 0.526 e. The number of anilines is 1. The summed E-state index contributed by atoms with van der Waals surface area (Å²) < 4.78 is 5.46. The van der Waals surface area contributed by atoms with Gasteiger partial charge >= 0.3 is 30.9 Å². The molecule has 194 valence electrons. The van der Waals surface area contributed by atoms with Gasteiger partial charge in [-0.15, -0.1) is 11.3 Å². The van der Waals surface area contributed by atoms with Crippen molar-refractivity contribution < 1.29 is 38.8 Å². The molecule has 1 aromatic heterocycles. The third-order valence-corrected chi connectivity index (χ3v) is 6.97. The smallest absolute Gasteiger partial charge is 0.526 e. The fraction of sp³-hybridized carbons (Fsp3) is 0.364. The van der Waals surface area contributed by atoms with Crippen molar-refractivity contribution in [2.75, 3.05) is 25.4 Å². The normalized spacial score (nSPS) is 18.2. The zero-order chi connectivity index (χ0) is 26.9. The number of carbonyl (C=O) groups excluding carboxylic acids is 4. The standard InChI is InChI=1S/C22H24BN5O8S/c1-2-27-6-7-28(19(31)18(27)30)22(34)26-16(14-10-37-21(24)25-14)15(29)9-12-8-11-4-3-5-13(20(32)33)17(11)36-23(12)35/h3-5,10,12,16,35H,2,6-9H2,1H3,(H2,24,25)(H,26,34)(H,32,33)/t12-,16?/m1/s1. The Kier molecular flexibility index (Phi) is 7.45. The van der Waals surface area contributed by atoms with Crippen LogP contribution >= 0.6 is 11.3 Å². The summed E-state index contributed by atoms with van der Waals surface area (Å²) >= 11 is 1.05. The molecular weight excluding hydrogens is 505 g/mol. The molecule has 0 saturated carbocycles. The largest absolute Gasteiger partial charge is 0.535 e. The highest BCUT2D eigenvalue weighted by Crippen LogP contribution is 2.37. The van der Waals surface area contributed by atoms with E-state index in [1.165, 1.54) is 16.3 Å². The number of likely N-dealkylation sites (N-methyl/N-ethyl adjacent to an activating group) is 1. The van der Waals surface area contributed by atoms with Gasteiger partial charge < -0.3 is 30.7 Å². The molecule has 2 aliphatic heterocycles. The Bertz CT molecular complexity index is 1270. The van der Waals surface area contributed by atoms with Gasteiger partial charge in [0.15, 0.2) is 10.9 Å². The number of fused-ring (bicyclic) bond motifs is 1. The van der Waals surface area contributed by atoms with Crippen molar-refractivity contribution in [3.8, 4) is 5.75 Å². The Hall–Kier alpha value is -3.98. The quantitative estimate of drug-likeness (QED) is 0.287. The van der Waals surface area contributed by atoms with Crippen LogP contribution in [-0.2, 0) is 20.8 Å². The number of para-hydroxylation sites is 1. The number of hydrogen-bond donors (Lipinski definition) is 4. The second kappa shape index (κ2) is 10.6. The van der Waals surface area contributed by atoms with Gasteiger partial charge in [-0.25, -0.2) is 14.6 Å². The second-order valence-corrected chi connectivity index (χ2v) is 9.47. The number of ketones is 1. The van der Waals surface area contributed by atoms with Gasteiger partial charge in [0.1, 0.15) is 11.8 Å². The number of aromatic nitrogens is 1. The number of amides is 4. The van der Waals surface area contributed by atoms with Crippen LogP contribution in [0.4, 0.5) is 9.93 Å². The second-order valence-electron chi connectivity index (χ2n) is 8.58. The van der Waals surface area contributed by atoms with Gasteiger partial charge in [0, 0.05) is 37.3 Å². The van der Waals surface area contributed by atoms with Crippen LogP contribution in [0.3, 0.4) is 0 Å². The summed E-state index contributed by atoms with van der Waals surface area (Å²) in [7, 11) is -1.48. The highest BCUT2D eigenvalue weighted by molar-refractivity contribution is 7.13. The molecule has 0 spiro atoms. The SMILES string of the molecule is CCN1CCN(C(=O)NC(C(=O)C[C@H]2Cc3cccc(C(=O)O)c3OB2O)c2csc(N)n2)C(=O)C1=O. The number of Topliss-reactive ketones (excluding diaryl/α,β-unsaturated/α-hetero) is 1. The Labute approximate surface area is 215 Å². The summed E-state index contributed by atoms with van der Waals surface area (Å²) in [4.78, 5) is 68.6. The summed E-state index contributed by atoms with van der Waals surface area (Å²) in [6, 6.07) is 2.29. The predicted molar refractivity (Wildman–Crippen MR) is 131 cm³/mol. The number of rotatable bonds is 7. The van der Waals surface area contributed by atoms with Crippen molar-refractivity contribution in [1.82, 2.24) is 20.1 Å². The number of carboxylic acid groups (broad SMARTS) is 1. The summed E-state index contributed by atoms with van der Waals surface area (Å²) in [6.07, 6.45) is -0.119. The van der Waals surface area contributed by atoms with Crippen LogP contribution in [0.1, 0.15) is 41.0 Å². The lowest BCUT2D eigenvalue weighted by Crippen LogP contribution is -2.58. The first-order chi connectivity index (χ1) is 17.6. The molecule has 37 heavy (non-hydrogen) atoms. The van der Waals surface area contributed by atoms with E-state index in [9.17, 15) is 34.1 Å². The van der Waals surface area contributed by atoms with Crippen LogP contribution in [-0.4, -0.2) is 81.3 Å². The van der Waals surface area contributed by atoms with E-state index in [1.807, 2.05) is 0 Å². The number of nitrogens with zero attached hydrogens (tertiary/aromatic N) is 3. The van der Waals surface area contributed by atoms with Crippen molar-refractivity contribution in [2.45, 2.75) is 31.6 Å². The number of urea groups is 1. The Morgan fingerprint density at radius 3 is 2.70 bits per heavy atom. The molecule has 0 bridgehead atoms. The highest BCUT2D eigenvalue weighted by Gasteiger charge is 2.41. The average Bonchev–Trinajstić information content (AvgIpc) is 3.29. The zero-order valence-corrected chi connectivity index (χ0v) is 20.6. The number of hydrogen-bond acceptors (Lipinski definition) is 10. The molecule has 5 N–H and O–H groups in total. The minimum atomic E-state index is -1.48. The minimum absolute atomic E-state index is 0.0394. The third kappa shape index (κ3) is 5.27. The van der Waals surface area contributed by atoms with Crippen LogP contribution in [0.25, 0.3) is 0 Å². The van der Waals surface area contributed by atoms with Crippen molar-refractivity contribution in [1.29, 1.82) is 0 Å². The Balaban J connectivity index is 1.52. The van der Waals surface area contributed by atoms with Gasteiger partial charge in [0.2, 0.25) is 0 Å². The zero-order valence-electron chi connectivity index (χ0n) is 19.7. The molecule has 4 rings (SSSR count). The number of nitrogen functional groups attached to an aromatic ring is 1. The number of carboxylic acids is 1. The van der Waals surface area contributed by atoms with Gasteiger partial charge in [-0.2, -0.15) is 0 Å². The van der Waals surface area contributed by atoms with E-state index in [-0.39, 0.29) is 48.1 Å². The van der Waals surface area contributed by atoms with E-state index >= 15 is 0 Å². The van der Waals surface area contributed by atoms with Crippen LogP contribution in [0.5, 0.6) is 5.75 Å². The van der Waals surface area contributed by atoms with Crippen LogP contribution < -0.4 is 15.7 Å². The molecule has 1 saturated heterocycles. The maximum atomic E-state index is 13.4. The summed E-state index contributed by atoms with van der Waals surface area (Å²) in [6.45, 7) is 2.16. The number of aromatic carboxylic acids is 1. The third-order valence-electron chi connectivity index (χ3n) is 6.28. The molecule has 2 atom stereocenters. The lowest BCUT2D eigenvalue weighted by Gasteiger charge is -2.33. The molecule has 0 radical (unpaired) electrons. The summed E-state index contributed by atoms with van der Waals surface area (Å²) in [5.74, 6) is -4.29. The maximum absolute atomic E-state index is 13.4. The molecule has 15 heteroatoms. The predicted octanol–water partition coefficient (Wildman–Crippen LogP) is 0.310. The van der Waals surface area contributed by atoms with E-state index in [1.54, 1.807) is 19.1 Å². The lowest BCUT2D eigenvalue weighted by molar-refractivity contribution is -0.153. The summed E-state index contributed by atoms with van der Waals surface area (Å²) in [5.41, 5.74) is 6.27. The van der Waals surface area contributed by atoms with Gasteiger partial charge in [-0.05, 0) is 25.0 Å². The first-order valence-electron chi connectivity index (χ1n) is 11.5. The van der Waals surface area contributed by atoms with E-state index in [0.717, 1.165) is 16.2 Å². The number of piperazine rings is 1. The summed E-state index contributed by atoms with van der Waals surface area (Å²) in [5, 5.41) is 24.0. The van der Waals surface area contributed by atoms with Crippen LogP contribution in [0.15, 0.2) is 23.6 Å². The first-order valence-corrected chi connectivity index (χ1v) is 12.3. The molecule has 1 fully saturated rings. The van der Waals surface area contributed by atoms with E-state index in [0.29, 0.717) is 12.1 Å². The number of nitrogens with one attached hydrogen (secondary N) is 1. The number of thiazole rings is 1. The Morgan fingerprint density at radius 2 is 2.05 bits per heavy atom. The number of carbonyl (C=O) groups is 5. The fourth-order valence-electron chi connectivity index (χ4n) is 4.33. The molecule has 2 aromatic rings. The fourth-order valence-corrected chi connectivity index (χ4v) is 4.92. The van der Waals surface area contributed by atoms with Crippen LogP contribution in [0, 0.1) is 0 Å². The van der Waals surface area contributed by atoms with Crippen molar-refractivity contribution in [3.63, 3.8) is 0 Å². The average molecular weight is 529 g/mol. The van der Waals surface area contributed by atoms with Gasteiger partial charge in [0.25, 0.3) is 0 Å². The number of imide groups is 1. The highest BCUT2D eigenvalue weighted by atomic mass is 32.1. The van der Waals surface area contributed by atoms with E-state index in [2.05, 4.69) is 10.3 Å². The van der Waals surface area contributed by atoms with Crippen molar-refractivity contribution >= 4 is 53.2 Å². The lowest BCUT2D eigenvalue weighted by atomic mass is 9.64. The number of benzene rings is 1. The molecule has 1 aromatic carbocycles. The van der Waals surface area contributed by atoms with Gasteiger partial charge in [-0.3, -0.25) is 19.3 Å². The molecule has 2 aliphatic rings. The molecule has 4 amide bonds.